The van der Waals surface area contributed by atoms with Crippen LogP contribution in [0.1, 0.15) is 23.4 Å². The molecule has 1 N–H and O–H groups in total. The van der Waals surface area contributed by atoms with E-state index in [2.05, 4.69) is 17.2 Å². The van der Waals surface area contributed by atoms with Gasteiger partial charge in [-0.2, -0.15) is 0 Å². The Morgan fingerprint density at radius 2 is 2.06 bits per heavy atom. The second kappa shape index (κ2) is 5.25. The summed E-state index contributed by atoms with van der Waals surface area (Å²) in [5, 5.41) is 3.86. The van der Waals surface area contributed by atoms with Gasteiger partial charge in [0, 0.05) is 11.1 Å². The molecule has 0 saturated carbocycles. The number of pyridine rings is 1. The van der Waals surface area contributed by atoms with E-state index in [0.29, 0.717) is 5.15 Å². The summed E-state index contributed by atoms with van der Waals surface area (Å²) in [6.45, 7) is 4.08. The molecule has 0 amide bonds. The van der Waals surface area contributed by atoms with E-state index in [1.165, 1.54) is 4.88 Å². The van der Waals surface area contributed by atoms with E-state index in [0.717, 1.165) is 15.6 Å². The second-order valence-electron chi connectivity index (χ2n) is 3.80. The fraction of sp³-hybridized carbons (Fsp3) is 0.250. The highest BCUT2D eigenvalue weighted by Crippen LogP contribution is 2.31. The molecular weight excluding hydrogens is 275 g/mol. The van der Waals surface area contributed by atoms with Gasteiger partial charge in [0.2, 0.25) is 0 Å². The maximum atomic E-state index is 6.07. The van der Waals surface area contributed by atoms with Crippen LogP contribution in [0.25, 0.3) is 0 Å². The highest BCUT2D eigenvalue weighted by Gasteiger charge is 2.12. The van der Waals surface area contributed by atoms with E-state index in [9.17, 15) is 0 Å². The van der Waals surface area contributed by atoms with Gasteiger partial charge in [0.25, 0.3) is 0 Å². The smallest absolute Gasteiger partial charge is 0.152 e. The predicted octanol–water partition coefficient (Wildman–Crippen LogP) is 4.93. The van der Waals surface area contributed by atoms with Crippen molar-refractivity contribution >= 4 is 40.2 Å². The molecule has 17 heavy (non-hydrogen) atoms. The molecule has 0 spiro atoms. The number of thiophene rings is 1. The normalized spacial score (nSPS) is 12.5. The monoisotopic (exact) mass is 286 g/mol. The summed E-state index contributed by atoms with van der Waals surface area (Å²) < 4.78 is 0.794. The van der Waals surface area contributed by atoms with Crippen molar-refractivity contribution in [1.29, 1.82) is 0 Å². The van der Waals surface area contributed by atoms with E-state index in [4.69, 9.17) is 23.2 Å². The Kier molecular flexibility index (Phi) is 3.92. The number of halogens is 2. The van der Waals surface area contributed by atoms with Gasteiger partial charge in [-0.1, -0.05) is 23.2 Å². The van der Waals surface area contributed by atoms with Crippen LogP contribution in [0.3, 0.4) is 0 Å². The molecule has 0 bridgehead atoms. The quantitative estimate of drug-likeness (QED) is 0.809. The summed E-state index contributed by atoms with van der Waals surface area (Å²) in [7, 11) is 0. The second-order valence-corrected chi connectivity index (χ2v) is 5.91. The molecular formula is C12H12Cl2N2S. The summed E-state index contributed by atoms with van der Waals surface area (Å²) in [5.41, 5.74) is 1.96. The van der Waals surface area contributed by atoms with Crippen LogP contribution in [-0.2, 0) is 0 Å². The third-order valence-electron chi connectivity index (χ3n) is 2.49. The fourth-order valence-electron chi connectivity index (χ4n) is 1.55. The molecule has 2 aromatic heterocycles. The molecule has 0 fully saturated rings. The lowest BCUT2D eigenvalue weighted by molar-refractivity contribution is 0.903. The minimum atomic E-state index is 0.160. The first-order valence-corrected chi connectivity index (χ1v) is 6.78. The Labute approximate surface area is 115 Å². The van der Waals surface area contributed by atoms with Crippen molar-refractivity contribution < 1.29 is 0 Å². The standard InChI is InChI=1S/C12H12Cl2N2S/c1-7-5-6-15-12(14)11(7)16-8(2)9-3-4-10(13)17-9/h3-6,8,16H,1-2H3. The number of rotatable bonds is 3. The summed E-state index contributed by atoms with van der Waals surface area (Å²) in [6.07, 6.45) is 1.70. The number of aromatic nitrogens is 1. The molecule has 5 heteroatoms. The van der Waals surface area contributed by atoms with Gasteiger partial charge in [0.1, 0.15) is 0 Å². The van der Waals surface area contributed by atoms with Crippen molar-refractivity contribution in [3.8, 4) is 0 Å². The van der Waals surface area contributed by atoms with Crippen LogP contribution in [-0.4, -0.2) is 4.98 Å². The summed E-state index contributed by atoms with van der Waals surface area (Å²) >= 11 is 13.6. The lowest BCUT2D eigenvalue weighted by Crippen LogP contribution is -2.07. The summed E-state index contributed by atoms with van der Waals surface area (Å²) in [6, 6.07) is 6.01. The molecule has 2 heterocycles. The van der Waals surface area contributed by atoms with Crippen molar-refractivity contribution in [2.24, 2.45) is 0 Å². The zero-order valence-electron chi connectivity index (χ0n) is 9.50. The Balaban J connectivity index is 2.21. The Morgan fingerprint density at radius 3 is 2.65 bits per heavy atom. The van der Waals surface area contributed by atoms with Crippen LogP contribution in [0, 0.1) is 6.92 Å². The molecule has 0 aromatic carbocycles. The minimum Gasteiger partial charge on any atom is -0.375 e. The lowest BCUT2D eigenvalue weighted by atomic mass is 10.2. The Bertz CT molecular complexity index is 505. The molecule has 0 aliphatic carbocycles. The van der Waals surface area contributed by atoms with Gasteiger partial charge in [-0.3, -0.25) is 0 Å². The fourth-order valence-corrected chi connectivity index (χ4v) is 2.87. The first-order valence-electron chi connectivity index (χ1n) is 5.21. The molecule has 2 nitrogen and oxygen atoms in total. The number of aryl methyl sites for hydroxylation is 1. The van der Waals surface area contributed by atoms with E-state index in [1.54, 1.807) is 17.5 Å². The lowest BCUT2D eigenvalue weighted by Gasteiger charge is -2.16. The van der Waals surface area contributed by atoms with Crippen molar-refractivity contribution in [3.63, 3.8) is 0 Å². The molecule has 0 aliphatic rings. The van der Waals surface area contributed by atoms with Gasteiger partial charge in [0.05, 0.1) is 16.1 Å². The zero-order valence-corrected chi connectivity index (χ0v) is 11.8. The highest BCUT2D eigenvalue weighted by atomic mass is 35.5. The number of hydrogen-bond acceptors (Lipinski definition) is 3. The molecule has 0 saturated heterocycles. The Morgan fingerprint density at radius 1 is 1.29 bits per heavy atom. The largest absolute Gasteiger partial charge is 0.375 e. The van der Waals surface area contributed by atoms with Crippen LogP contribution >= 0.6 is 34.5 Å². The maximum Gasteiger partial charge on any atom is 0.152 e. The number of anilines is 1. The molecule has 0 aliphatic heterocycles. The van der Waals surface area contributed by atoms with E-state index >= 15 is 0 Å². The summed E-state index contributed by atoms with van der Waals surface area (Å²) in [5.74, 6) is 0. The van der Waals surface area contributed by atoms with Crippen LogP contribution in [0.2, 0.25) is 9.49 Å². The average Bonchev–Trinajstić information content (AvgIpc) is 2.70. The average molecular weight is 287 g/mol. The van der Waals surface area contributed by atoms with Crippen molar-refractivity contribution in [3.05, 3.63) is 44.3 Å². The van der Waals surface area contributed by atoms with Gasteiger partial charge in [-0.05, 0) is 37.6 Å². The van der Waals surface area contributed by atoms with Crippen LogP contribution in [0.5, 0.6) is 0 Å². The van der Waals surface area contributed by atoms with Crippen LogP contribution in [0.15, 0.2) is 24.4 Å². The SMILES string of the molecule is Cc1ccnc(Cl)c1NC(C)c1ccc(Cl)s1. The van der Waals surface area contributed by atoms with Crippen LogP contribution < -0.4 is 5.32 Å². The van der Waals surface area contributed by atoms with E-state index in [-0.39, 0.29) is 6.04 Å². The first kappa shape index (κ1) is 12.7. The molecule has 90 valence electrons. The molecule has 0 radical (unpaired) electrons. The van der Waals surface area contributed by atoms with E-state index in [1.807, 2.05) is 25.1 Å². The van der Waals surface area contributed by atoms with E-state index < -0.39 is 0 Å². The third kappa shape index (κ3) is 2.92. The molecule has 1 unspecified atom stereocenters. The number of nitrogens with one attached hydrogen (secondary N) is 1. The molecule has 2 aromatic rings. The van der Waals surface area contributed by atoms with Crippen molar-refractivity contribution in [2.75, 3.05) is 5.32 Å². The minimum absolute atomic E-state index is 0.160. The predicted molar refractivity (Wildman–Crippen MR) is 75.4 cm³/mol. The molecule has 2 rings (SSSR count). The van der Waals surface area contributed by atoms with Gasteiger partial charge in [0.15, 0.2) is 5.15 Å². The van der Waals surface area contributed by atoms with Gasteiger partial charge < -0.3 is 5.32 Å². The van der Waals surface area contributed by atoms with Crippen molar-refractivity contribution in [2.45, 2.75) is 19.9 Å². The van der Waals surface area contributed by atoms with Gasteiger partial charge in [-0.25, -0.2) is 4.98 Å². The van der Waals surface area contributed by atoms with Gasteiger partial charge in [-0.15, -0.1) is 11.3 Å². The maximum absolute atomic E-state index is 6.07. The van der Waals surface area contributed by atoms with Crippen LogP contribution in [0.4, 0.5) is 5.69 Å². The van der Waals surface area contributed by atoms with Crippen molar-refractivity contribution in [1.82, 2.24) is 4.98 Å². The number of nitrogens with zero attached hydrogens (tertiary/aromatic N) is 1. The summed E-state index contributed by atoms with van der Waals surface area (Å²) in [4.78, 5) is 5.25. The topological polar surface area (TPSA) is 24.9 Å². The zero-order chi connectivity index (χ0) is 12.4. The Hall–Kier alpha value is -0.770. The molecule has 1 atom stereocenters. The highest BCUT2D eigenvalue weighted by molar-refractivity contribution is 7.16. The number of hydrogen-bond donors (Lipinski definition) is 1. The first-order chi connectivity index (χ1) is 8.08. The van der Waals surface area contributed by atoms with Gasteiger partial charge >= 0.3 is 0 Å². The third-order valence-corrected chi connectivity index (χ3v) is 4.20.